The number of rotatable bonds is 6. The number of hydrogen-bond acceptors (Lipinski definition) is 6. The topological polar surface area (TPSA) is 117 Å². The Kier molecular flexibility index (Phi) is 5.29. The average Bonchev–Trinajstić information content (AvgIpc) is 2.96. The first-order valence-corrected chi connectivity index (χ1v) is 8.20. The molecular formula is C17H21N3O6. The van der Waals surface area contributed by atoms with Crippen molar-refractivity contribution in [3.05, 3.63) is 22.5 Å². The third kappa shape index (κ3) is 3.12. The zero-order valence-electron chi connectivity index (χ0n) is 15.3. The van der Waals surface area contributed by atoms with Crippen LogP contribution in [0.3, 0.4) is 0 Å². The van der Waals surface area contributed by atoms with Crippen molar-refractivity contribution in [3.63, 3.8) is 0 Å². The molecule has 0 spiro atoms. The van der Waals surface area contributed by atoms with Crippen molar-refractivity contribution in [2.24, 2.45) is 0 Å². The fourth-order valence-corrected chi connectivity index (χ4v) is 2.92. The highest BCUT2D eigenvalue weighted by atomic mass is 16.5. The van der Waals surface area contributed by atoms with Crippen LogP contribution in [0.4, 0.5) is 4.79 Å². The highest BCUT2D eigenvalue weighted by molar-refractivity contribution is 6.45. The summed E-state index contributed by atoms with van der Waals surface area (Å²) in [4.78, 5) is 65.1. The first-order valence-electron chi connectivity index (χ1n) is 8.20. The van der Waals surface area contributed by atoms with Crippen LogP contribution in [0.1, 0.15) is 52.9 Å². The number of carbonyl (C=O) groups is 5. The Morgan fingerprint density at radius 1 is 1.12 bits per heavy atom. The maximum atomic E-state index is 12.7. The number of Topliss-reactive ketones (excluding diaryl/α,β-unsaturated/α-hetero) is 1. The van der Waals surface area contributed by atoms with Gasteiger partial charge < -0.3 is 9.72 Å². The van der Waals surface area contributed by atoms with Gasteiger partial charge in [-0.15, -0.1) is 0 Å². The minimum Gasteiger partial charge on any atom is -0.461 e. The van der Waals surface area contributed by atoms with E-state index in [1.54, 1.807) is 34.6 Å². The Morgan fingerprint density at radius 2 is 1.73 bits per heavy atom. The molecule has 0 atom stereocenters. The number of amides is 4. The predicted molar refractivity (Wildman–Crippen MR) is 89.6 cm³/mol. The van der Waals surface area contributed by atoms with Gasteiger partial charge in [0.05, 0.1) is 13.2 Å². The molecule has 26 heavy (non-hydrogen) atoms. The second kappa shape index (κ2) is 7.11. The van der Waals surface area contributed by atoms with Crippen molar-refractivity contribution >= 4 is 29.6 Å². The normalized spacial score (nSPS) is 14.6. The van der Waals surface area contributed by atoms with Gasteiger partial charge in [0, 0.05) is 17.3 Å². The van der Waals surface area contributed by atoms with Crippen molar-refractivity contribution in [2.45, 2.75) is 40.7 Å². The first-order chi connectivity index (χ1) is 12.1. The number of esters is 1. The van der Waals surface area contributed by atoms with E-state index in [1.807, 2.05) is 0 Å². The van der Waals surface area contributed by atoms with Gasteiger partial charge in [-0.1, -0.05) is 0 Å². The maximum Gasteiger partial charge on any atom is 0.355 e. The van der Waals surface area contributed by atoms with Gasteiger partial charge in [0.2, 0.25) is 0 Å². The Balaban J connectivity index is 2.29. The Hall–Kier alpha value is -2.97. The number of nitrogens with one attached hydrogen (secondary N) is 1. The number of imide groups is 2. The fourth-order valence-electron chi connectivity index (χ4n) is 2.92. The number of carbonyl (C=O) groups excluding carboxylic acids is 5. The number of hydrogen-bond donors (Lipinski definition) is 1. The number of ether oxygens (including phenoxy) is 1. The summed E-state index contributed by atoms with van der Waals surface area (Å²) in [6.07, 6.45) is 0. The third-order valence-electron chi connectivity index (χ3n) is 4.10. The smallest absolute Gasteiger partial charge is 0.355 e. The van der Waals surface area contributed by atoms with Crippen LogP contribution in [0.25, 0.3) is 0 Å². The SMILES string of the molecule is CCOC(=O)c1[nH]c(C)c(C(=O)CN2C(=O)C(=O)N(C(C)C)C2=O)c1C. The van der Waals surface area contributed by atoms with E-state index in [9.17, 15) is 24.0 Å². The molecule has 1 N–H and O–H groups in total. The Morgan fingerprint density at radius 3 is 2.23 bits per heavy atom. The number of aromatic nitrogens is 1. The van der Waals surface area contributed by atoms with Crippen LogP contribution in [0.2, 0.25) is 0 Å². The van der Waals surface area contributed by atoms with E-state index in [4.69, 9.17) is 4.74 Å². The lowest BCUT2D eigenvalue weighted by Crippen LogP contribution is -2.39. The number of ketones is 1. The molecule has 2 rings (SSSR count). The van der Waals surface area contributed by atoms with Crippen molar-refractivity contribution in [3.8, 4) is 0 Å². The fraction of sp³-hybridized carbons (Fsp3) is 0.471. The van der Waals surface area contributed by atoms with Gasteiger partial charge >= 0.3 is 23.8 Å². The second-order valence-corrected chi connectivity index (χ2v) is 6.21. The van der Waals surface area contributed by atoms with Crippen LogP contribution in [0, 0.1) is 13.8 Å². The van der Waals surface area contributed by atoms with E-state index < -0.39 is 42.2 Å². The van der Waals surface area contributed by atoms with E-state index in [1.165, 1.54) is 0 Å². The molecule has 1 aliphatic rings. The number of urea groups is 1. The van der Waals surface area contributed by atoms with E-state index >= 15 is 0 Å². The minimum atomic E-state index is -1.03. The lowest BCUT2D eigenvalue weighted by Gasteiger charge is -2.18. The molecule has 0 aliphatic carbocycles. The highest BCUT2D eigenvalue weighted by Crippen LogP contribution is 2.22. The molecule has 0 bridgehead atoms. The summed E-state index contributed by atoms with van der Waals surface area (Å²) in [7, 11) is 0. The third-order valence-corrected chi connectivity index (χ3v) is 4.10. The molecule has 0 saturated carbocycles. The number of aryl methyl sites for hydroxylation is 1. The van der Waals surface area contributed by atoms with E-state index in [2.05, 4.69) is 4.98 Å². The molecule has 9 nitrogen and oxygen atoms in total. The van der Waals surface area contributed by atoms with Crippen LogP contribution < -0.4 is 0 Å². The maximum absolute atomic E-state index is 12.7. The van der Waals surface area contributed by atoms with Crippen LogP contribution in [0.15, 0.2) is 0 Å². The van der Waals surface area contributed by atoms with Gasteiger partial charge in [-0.3, -0.25) is 19.3 Å². The lowest BCUT2D eigenvalue weighted by atomic mass is 10.1. The van der Waals surface area contributed by atoms with Crippen molar-refractivity contribution < 1.29 is 28.7 Å². The van der Waals surface area contributed by atoms with Crippen LogP contribution >= 0.6 is 0 Å². The highest BCUT2D eigenvalue weighted by Gasteiger charge is 2.46. The predicted octanol–water partition coefficient (Wildman–Crippen LogP) is 1.19. The van der Waals surface area contributed by atoms with Gasteiger partial charge in [-0.25, -0.2) is 14.5 Å². The van der Waals surface area contributed by atoms with Gasteiger partial charge in [-0.05, 0) is 40.2 Å². The van der Waals surface area contributed by atoms with Crippen molar-refractivity contribution in [2.75, 3.05) is 13.2 Å². The Bertz CT molecular complexity index is 808. The van der Waals surface area contributed by atoms with Crippen LogP contribution in [-0.4, -0.2) is 63.6 Å². The number of H-pyrrole nitrogens is 1. The second-order valence-electron chi connectivity index (χ2n) is 6.21. The van der Waals surface area contributed by atoms with Crippen LogP contribution in [0.5, 0.6) is 0 Å². The molecule has 1 saturated heterocycles. The molecular weight excluding hydrogens is 342 g/mol. The summed E-state index contributed by atoms with van der Waals surface area (Å²) in [5.41, 5.74) is 1.13. The molecule has 1 fully saturated rings. The van der Waals surface area contributed by atoms with Gasteiger partial charge in [0.25, 0.3) is 0 Å². The van der Waals surface area contributed by atoms with Gasteiger partial charge in [0.1, 0.15) is 5.69 Å². The number of nitrogens with zero attached hydrogens (tertiary/aromatic N) is 2. The minimum absolute atomic E-state index is 0.145. The number of aromatic amines is 1. The zero-order chi connectivity index (χ0) is 19.8. The standard InChI is InChI=1S/C17H21N3O6/c1-6-26-16(24)13-9(4)12(10(5)18-13)11(21)7-19-14(22)15(23)20(8(2)3)17(19)25/h8,18H,6-7H2,1-5H3. The lowest BCUT2D eigenvalue weighted by molar-refractivity contribution is -0.143. The van der Waals surface area contributed by atoms with E-state index in [0.29, 0.717) is 16.2 Å². The summed E-state index contributed by atoms with van der Waals surface area (Å²) in [6.45, 7) is 7.64. The molecule has 140 valence electrons. The van der Waals surface area contributed by atoms with Gasteiger partial charge in [0.15, 0.2) is 5.78 Å². The monoisotopic (exact) mass is 363 g/mol. The Labute approximate surface area is 150 Å². The quantitative estimate of drug-likeness (QED) is 0.351. The molecule has 0 radical (unpaired) electrons. The largest absolute Gasteiger partial charge is 0.461 e. The van der Waals surface area contributed by atoms with Crippen molar-refractivity contribution in [1.29, 1.82) is 0 Å². The molecule has 0 aromatic carbocycles. The summed E-state index contributed by atoms with van der Waals surface area (Å²) in [5.74, 6) is -3.13. The molecule has 9 heteroatoms. The molecule has 2 heterocycles. The molecule has 1 aromatic heterocycles. The van der Waals surface area contributed by atoms with E-state index in [-0.39, 0.29) is 17.9 Å². The first kappa shape index (κ1) is 19.4. The summed E-state index contributed by atoms with van der Waals surface area (Å²) < 4.78 is 4.93. The van der Waals surface area contributed by atoms with Gasteiger partial charge in [-0.2, -0.15) is 0 Å². The molecule has 1 aliphatic heterocycles. The summed E-state index contributed by atoms with van der Waals surface area (Å²) in [5, 5.41) is 0. The zero-order valence-corrected chi connectivity index (χ0v) is 15.3. The van der Waals surface area contributed by atoms with Crippen LogP contribution in [-0.2, 0) is 14.3 Å². The average molecular weight is 363 g/mol. The van der Waals surface area contributed by atoms with E-state index in [0.717, 1.165) is 4.90 Å². The summed E-state index contributed by atoms with van der Waals surface area (Å²) >= 11 is 0. The molecule has 0 unspecified atom stereocenters. The summed E-state index contributed by atoms with van der Waals surface area (Å²) in [6, 6.07) is -1.31. The molecule has 4 amide bonds. The van der Waals surface area contributed by atoms with Crippen molar-refractivity contribution in [1.82, 2.24) is 14.8 Å². The molecule has 1 aromatic rings.